The number of nitrogens with one attached hydrogen (secondary N) is 2. The van der Waals surface area contributed by atoms with Crippen LogP contribution in [0, 0.1) is 6.92 Å². The van der Waals surface area contributed by atoms with E-state index >= 15 is 0 Å². The van der Waals surface area contributed by atoms with Gasteiger partial charge in [0.15, 0.2) is 0 Å². The number of carbonyl (C=O) groups is 1. The molecule has 6 heteroatoms. The Morgan fingerprint density at radius 1 is 1.35 bits per heavy atom. The highest BCUT2D eigenvalue weighted by Gasteiger charge is 2.14. The van der Waals surface area contributed by atoms with Gasteiger partial charge in [0.05, 0.1) is 23.9 Å². The van der Waals surface area contributed by atoms with Crippen LogP contribution in [0.1, 0.15) is 36.2 Å². The Morgan fingerprint density at radius 3 is 2.78 bits per heavy atom. The molecule has 5 nitrogen and oxygen atoms in total. The fourth-order valence-corrected chi connectivity index (χ4v) is 3.03. The standard InChI is InChI=1S/C17H23N3O2S/c1-11(8-14-6-5-7-15(9-14)22-4)18-17(21)19-12(2)16-10-23-13(3)20-16/h5-7,9-12H,8H2,1-4H3,(H2,18,19,21). The topological polar surface area (TPSA) is 63.2 Å². The van der Waals surface area contributed by atoms with E-state index in [1.807, 2.05) is 50.4 Å². The minimum atomic E-state index is -0.182. The van der Waals surface area contributed by atoms with Gasteiger partial charge in [0, 0.05) is 11.4 Å². The SMILES string of the molecule is COc1cccc(CC(C)NC(=O)NC(C)c2csc(C)n2)c1. The van der Waals surface area contributed by atoms with E-state index in [4.69, 9.17) is 4.74 Å². The summed E-state index contributed by atoms with van der Waals surface area (Å²) in [6.45, 7) is 5.87. The molecule has 23 heavy (non-hydrogen) atoms. The number of urea groups is 1. The number of rotatable bonds is 6. The van der Waals surface area contributed by atoms with Crippen molar-refractivity contribution in [2.75, 3.05) is 7.11 Å². The zero-order chi connectivity index (χ0) is 16.8. The van der Waals surface area contributed by atoms with Gasteiger partial charge in [-0.3, -0.25) is 0 Å². The minimum absolute atomic E-state index is 0.0199. The molecule has 1 aromatic carbocycles. The first kappa shape index (κ1) is 17.3. The first-order chi connectivity index (χ1) is 11.0. The van der Waals surface area contributed by atoms with Crippen molar-refractivity contribution < 1.29 is 9.53 Å². The molecule has 0 saturated heterocycles. The first-order valence-corrected chi connectivity index (χ1v) is 8.48. The summed E-state index contributed by atoms with van der Waals surface area (Å²) in [4.78, 5) is 16.5. The summed E-state index contributed by atoms with van der Waals surface area (Å²) in [6, 6.07) is 7.60. The minimum Gasteiger partial charge on any atom is -0.497 e. The second-order valence-electron chi connectivity index (χ2n) is 5.59. The summed E-state index contributed by atoms with van der Waals surface area (Å²) in [7, 11) is 1.65. The highest BCUT2D eigenvalue weighted by Crippen LogP contribution is 2.16. The lowest BCUT2D eigenvalue weighted by molar-refractivity contribution is 0.234. The maximum absolute atomic E-state index is 12.1. The normalized spacial score (nSPS) is 13.2. The number of hydrogen-bond acceptors (Lipinski definition) is 4. The average molecular weight is 333 g/mol. The van der Waals surface area contributed by atoms with Crippen molar-refractivity contribution in [1.29, 1.82) is 0 Å². The third kappa shape index (κ3) is 5.25. The van der Waals surface area contributed by atoms with E-state index < -0.39 is 0 Å². The molecule has 0 aliphatic rings. The lowest BCUT2D eigenvalue weighted by atomic mass is 10.1. The third-order valence-corrected chi connectivity index (χ3v) is 4.27. The van der Waals surface area contributed by atoms with Crippen molar-refractivity contribution in [2.24, 2.45) is 0 Å². The van der Waals surface area contributed by atoms with Crippen molar-refractivity contribution in [3.8, 4) is 5.75 Å². The maximum Gasteiger partial charge on any atom is 0.315 e. The molecule has 0 aliphatic carbocycles. The summed E-state index contributed by atoms with van der Waals surface area (Å²) in [6.07, 6.45) is 0.745. The molecule has 2 unspecified atom stereocenters. The molecule has 0 bridgehead atoms. The number of aromatic nitrogens is 1. The number of methoxy groups -OCH3 is 1. The summed E-state index contributed by atoms with van der Waals surface area (Å²) >= 11 is 1.58. The van der Waals surface area contributed by atoms with Gasteiger partial charge in [0.25, 0.3) is 0 Å². The number of benzene rings is 1. The molecule has 0 aliphatic heterocycles. The van der Waals surface area contributed by atoms with Gasteiger partial charge in [0.1, 0.15) is 5.75 Å². The quantitative estimate of drug-likeness (QED) is 0.851. The van der Waals surface area contributed by atoms with E-state index in [0.717, 1.165) is 28.4 Å². The molecular weight excluding hydrogens is 310 g/mol. The van der Waals surface area contributed by atoms with Crippen LogP contribution in [0.5, 0.6) is 5.75 Å². The number of ether oxygens (including phenoxy) is 1. The number of aryl methyl sites for hydroxylation is 1. The Morgan fingerprint density at radius 2 is 2.13 bits per heavy atom. The molecule has 124 valence electrons. The Kier molecular flexibility index (Phi) is 5.98. The van der Waals surface area contributed by atoms with Gasteiger partial charge in [-0.25, -0.2) is 9.78 Å². The van der Waals surface area contributed by atoms with Gasteiger partial charge in [-0.2, -0.15) is 0 Å². The molecule has 0 fully saturated rings. The highest BCUT2D eigenvalue weighted by atomic mass is 32.1. The summed E-state index contributed by atoms with van der Waals surface area (Å²) in [5.74, 6) is 0.826. The molecule has 1 heterocycles. The number of thiazole rings is 1. The van der Waals surface area contributed by atoms with Gasteiger partial charge in [-0.05, 0) is 44.9 Å². The van der Waals surface area contributed by atoms with Gasteiger partial charge in [0.2, 0.25) is 0 Å². The van der Waals surface area contributed by atoms with Crippen LogP contribution in [-0.2, 0) is 6.42 Å². The molecule has 2 amide bonds. The molecule has 2 rings (SSSR count). The van der Waals surface area contributed by atoms with Crippen LogP contribution in [0.25, 0.3) is 0 Å². The van der Waals surface area contributed by atoms with Crippen molar-refractivity contribution in [1.82, 2.24) is 15.6 Å². The molecular formula is C17H23N3O2S. The van der Waals surface area contributed by atoms with E-state index in [-0.39, 0.29) is 18.1 Å². The van der Waals surface area contributed by atoms with Crippen LogP contribution >= 0.6 is 11.3 Å². The Balaban J connectivity index is 1.84. The zero-order valence-corrected chi connectivity index (χ0v) is 14.7. The fraction of sp³-hybridized carbons (Fsp3) is 0.412. The second-order valence-corrected chi connectivity index (χ2v) is 6.65. The molecule has 2 aromatic rings. The molecule has 0 radical (unpaired) electrons. The summed E-state index contributed by atoms with van der Waals surface area (Å²) in [5, 5.41) is 8.85. The monoisotopic (exact) mass is 333 g/mol. The predicted molar refractivity (Wildman–Crippen MR) is 93.1 cm³/mol. The third-order valence-electron chi connectivity index (χ3n) is 3.48. The first-order valence-electron chi connectivity index (χ1n) is 7.60. The maximum atomic E-state index is 12.1. The van der Waals surface area contributed by atoms with Crippen molar-refractivity contribution in [2.45, 2.75) is 39.3 Å². The predicted octanol–water partition coefficient (Wildman–Crippen LogP) is 3.45. The van der Waals surface area contributed by atoms with E-state index in [1.54, 1.807) is 18.4 Å². The summed E-state index contributed by atoms with van der Waals surface area (Å²) in [5.41, 5.74) is 2.02. The van der Waals surface area contributed by atoms with E-state index in [2.05, 4.69) is 15.6 Å². The second kappa shape index (κ2) is 7.97. The molecule has 1 aromatic heterocycles. The van der Waals surface area contributed by atoms with Crippen LogP contribution in [0.2, 0.25) is 0 Å². The lowest BCUT2D eigenvalue weighted by Gasteiger charge is -2.17. The van der Waals surface area contributed by atoms with Gasteiger partial charge in [-0.15, -0.1) is 11.3 Å². The van der Waals surface area contributed by atoms with E-state index in [1.165, 1.54) is 0 Å². The number of carbonyl (C=O) groups excluding carboxylic acids is 1. The van der Waals surface area contributed by atoms with Gasteiger partial charge < -0.3 is 15.4 Å². The number of nitrogens with zero attached hydrogens (tertiary/aromatic N) is 1. The Labute approximate surface area is 141 Å². The highest BCUT2D eigenvalue weighted by molar-refractivity contribution is 7.09. The molecule has 0 saturated carbocycles. The molecule has 2 N–H and O–H groups in total. The Hall–Kier alpha value is -2.08. The molecule has 0 spiro atoms. The molecule has 2 atom stereocenters. The van der Waals surface area contributed by atoms with Crippen LogP contribution in [0.3, 0.4) is 0 Å². The van der Waals surface area contributed by atoms with Crippen molar-refractivity contribution in [3.05, 3.63) is 45.9 Å². The van der Waals surface area contributed by atoms with E-state index in [0.29, 0.717) is 0 Å². The zero-order valence-electron chi connectivity index (χ0n) is 13.9. The van der Waals surface area contributed by atoms with Crippen LogP contribution in [0.15, 0.2) is 29.6 Å². The van der Waals surface area contributed by atoms with Crippen LogP contribution in [0.4, 0.5) is 4.79 Å². The van der Waals surface area contributed by atoms with Gasteiger partial charge in [-0.1, -0.05) is 12.1 Å². The van der Waals surface area contributed by atoms with Crippen LogP contribution in [-0.4, -0.2) is 24.2 Å². The summed E-state index contributed by atoms with van der Waals surface area (Å²) < 4.78 is 5.22. The Bertz CT molecular complexity index is 657. The fourth-order valence-electron chi connectivity index (χ4n) is 2.32. The van der Waals surface area contributed by atoms with Gasteiger partial charge >= 0.3 is 6.03 Å². The van der Waals surface area contributed by atoms with Crippen molar-refractivity contribution in [3.63, 3.8) is 0 Å². The van der Waals surface area contributed by atoms with E-state index in [9.17, 15) is 4.79 Å². The number of amides is 2. The van der Waals surface area contributed by atoms with Crippen LogP contribution < -0.4 is 15.4 Å². The lowest BCUT2D eigenvalue weighted by Crippen LogP contribution is -2.42. The average Bonchev–Trinajstić information content (AvgIpc) is 2.93. The van der Waals surface area contributed by atoms with Crippen molar-refractivity contribution >= 4 is 17.4 Å². The largest absolute Gasteiger partial charge is 0.497 e. The number of hydrogen-bond donors (Lipinski definition) is 2. The smallest absolute Gasteiger partial charge is 0.315 e.